The maximum absolute atomic E-state index is 11.7. The van der Waals surface area contributed by atoms with Gasteiger partial charge in [0.1, 0.15) is 11.7 Å². The van der Waals surface area contributed by atoms with E-state index in [4.69, 9.17) is 10.2 Å². The molecule has 6 nitrogen and oxygen atoms in total. The summed E-state index contributed by atoms with van der Waals surface area (Å²) in [6.45, 7) is 1.43. The van der Waals surface area contributed by atoms with Crippen LogP contribution in [0.5, 0.6) is 0 Å². The van der Waals surface area contributed by atoms with E-state index in [9.17, 15) is 9.59 Å². The van der Waals surface area contributed by atoms with Gasteiger partial charge in [-0.25, -0.2) is 9.78 Å². The van der Waals surface area contributed by atoms with Crippen molar-refractivity contribution >= 4 is 11.9 Å². The van der Waals surface area contributed by atoms with Crippen LogP contribution in [0.1, 0.15) is 22.6 Å². The minimum Gasteiger partial charge on any atom is -0.480 e. The minimum absolute atomic E-state index is 0.0348. The lowest BCUT2D eigenvalue weighted by Crippen LogP contribution is -2.41. The number of rotatable bonds is 5. The van der Waals surface area contributed by atoms with Crippen LogP contribution in [0.25, 0.3) is 0 Å². The summed E-state index contributed by atoms with van der Waals surface area (Å²) in [4.78, 5) is 26.4. The molecule has 0 aliphatic rings. The monoisotopic (exact) mass is 238 g/mol. The molecule has 0 fully saturated rings. The van der Waals surface area contributed by atoms with Crippen molar-refractivity contribution in [1.29, 1.82) is 0 Å². The Bertz CT molecular complexity index is 420. The van der Waals surface area contributed by atoms with E-state index < -0.39 is 17.9 Å². The van der Waals surface area contributed by atoms with Gasteiger partial charge in [0.05, 0.1) is 0 Å². The third-order valence-electron chi connectivity index (χ3n) is 2.14. The third kappa shape index (κ3) is 3.84. The van der Waals surface area contributed by atoms with Crippen LogP contribution in [0, 0.1) is 6.92 Å². The van der Waals surface area contributed by atoms with Gasteiger partial charge >= 0.3 is 5.97 Å². The Labute approximate surface area is 98.3 Å². The van der Waals surface area contributed by atoms with Crippen LogP contribution in [0.3, 0.4) is 0 Å². The number of aryl methyl sites for hydroxylation is 1. The number of aliphatic hydroxyl groups excluding tert-OH is 1. The fourth-order valence-electron chi connectivity index (χ4n) is 1.29. The molecule has 0 radical (unpaired) electrons. The molecule has 3 N–H and O–H groups in total. The topological polar surface area (TPSA) is 99.5 Å². The second-order valence-electron chi connectivity index (χ2n) is 3.54. The largest absolute Gasteiger partial charge is 0.480 e. The average molecular weight is 238 g/mol. The number of carboxylic acids is 1. The Morgan fingerprint density at radius 3 is 2.71 bits per heavy atom. The first-order valence-corrected chi connectivity index (χ1v) is 5.12. The molecule has 0 saturated heterocycles. The summed E-state index contributed by atoms with van der Waals surface area (Å²) in [5.74, 6) is -1.74. The highest BCUT2D eigenvalue weighted by Gasteiger charge is 2.20. The first kappa shape index (κ1) is 13.1. The van der Waals surface area contributed by atoms with Crippen molar-refractivity contribution in [3.63, 3.8) is 0 Å². The molecule has 1 aromatic rings. The summed E-state index contributed by atoms with van der Waals surface area (Å²) in [6.07, 6.45) is -0.0348. The Morgan fingerprint density at radius 1 is 1.47 bits per heavy atom. The standard InChI is InChI=1S/C11H14N2O4/c1-7-3-2-4-8(12-7)10(15)13-9(5-6-14)11(16)17/h2-4,9,14H,5-6H2,1H3,(H,13,15)(H,16,17)/t9-/m0/s1. The highest BCUT2D eigenvalue weighted by molar-refractivity contribution is 5.94. The second-order valence-corrected chi connectivity index (χ2v) is 3.54. The van der Waals surface area contributed by atoms with E-state index in [1.54, 1.807) is 19.1 Å². The summed E-state index contributed by atoms with van der Waals surface area (Å²) < 4.78 is 0. The van der Waals surface area contributed by atoms with Crippen LogP contribution in [-0.2, 0) is 4.79 Å². The molecule has 1 rings (SSSR count). The molecule has 0 aromatic carbocycles. The maximum atomic E-state index is 11.7. The van der Waals surface area contributed by atoms with Gasteiger partial charge in [0, 0.05) is 18.7 Å². The van der Waals surface area contributed by atoms with Crippen LogP contribution in [0.2, 0.25) is 0 Å². The molecule has 92 valence electrons. The van der Waals surface area contributed by atoms with Gasteiger partial charge in [-0.2, -0.15) is 0 Å². The zero-order valence-electron chi connectivity index (χ0n) is 9.38. The summed E-state index contributed by atoms with van der Waals surface area (Å²) in [6, 6.07) is 3.80. The number of hydrogen-bond donors (Lipinski definition) is 3. The number of aliphatic carboxylic acids is 1. The smallest absolute Gasteiger partial charge is 0.326 e. The number of hydrogen-bond acceptors (Lipinski definition) is 4. The quantitative estimate of drug-likeness (QED) is 0.668. The Hall–Kier alpha value is -1.95. The Kier molecular flexibility index (Phi) is 4.59. The summed E-state index contributed by atoms with van der Waals surface area (Å²) >= 11 is 0. The number of nitrogens with zero attached hydrogens (tertiary/aromatic N) is 1. The van der Waals surface area contributed by atoms with E-state index in [-0.39, 0.29) is 18.7 Å². The zero-order chi connectivity index (χ0) is 12.8. The van der Waals surface area contributed by atoms with E-state index in [0.717, 1.165) is 0 Å². The first-order chi connectivity index (χ1) is 8.04. The van der Waals surface area contributed by atoms with Crippen molar-refractivity contribution in [2.75, 3.05) is 6.61 Å². The van der Waals surface area contributed by atoms with Gasteiger partial charge in [0.15, 0.2) is 0 Å². The van der Waals surface area contributed by atoms with Gasteiger partial charge in [0.2, 0.25) is 0 Å². The van der Waals surface area contributed by atoms with Gasteiger partial charge in [-0.15, -0.1) is 0 Å². The molecular weight excluding hydrogens is 224 g/mol. The molecular formula is C11H14N2O4. The van der Waals surface area contributed by atoms with E-state index >= 15 is 0 Å². The molecule has 0 bridgehead atoms. The molecule has 0 aliphatic carbocycles. The fraction of sp³-hybridized carbons (Fsp3) is 0.364. The molecule has 0 aliphatic heterocycles. The molecule has 1 amide bonds. The first-order valence-electron chi connectivity index (χ1n) is 5.12. The number of nitrogens with one attached hydrogen (secondary N) is 1. The number of amides is 1. The number of carbonyl (C=O) groups excluding carboxylic acids is 1. The lowest BCUT2D eigenvalue weighted by Gasteiger charge is -2.12. The van der Waals surface area contributed by atoms with Gasteiger partial charge < -0.3 is 15.5 Å². The third-order valence-corrected chi connectivity index (χ3v) is 2.14. The molecule has 0 unspecified atom stereocenters. The van der Waals surface area contributed by atoms with Crippen LogP contribution < -0.4 is 5.32 Å². The Balaban J connectivity index is 2.73. The van der Waals surface area contributed by atoms with Crippen LogP contribution in [0.15, 0.2) is 18.2 Å². The van der Waals surface area contributed by atoms with Gasteiger partial charge in [-0.3, -0.25) is 4.79 Å². The maximum Gasteiger partial charge on any atom is 0.326 e. The lowest BCUT2D eigenvalue weighted by molar-refractivity contribution is -0.139. The highest BCUT2D eigenvalue weighted by Crippen LogP contribution is 2.00. The normalized spacial score (nSPS) is 11.9. The van der Waals surface area contributed by atoms with E-state index in [1.807, 2.05) is 0 Å². The zero-order valence-corrected chi connectivity index (χ0v) is 9.38. The van der Waals surface area contributed by atoms with E-state index in [1.165, 1.54) is 6.07 Å². The van der Waals surface area contributed by atoms with Crippen molar-refractivity contribution < 1.29 is 19.8 Å². The molecule has 17 heavy (non-hydrogen) atoms. The molecule has 1 heterocycles. The van der Waals surface area contributed by atoms with Crippen LogP contribution in [0.4, 0.5) is 0 Å². The molecule has 0 saturated carbocycles. The van der Waals surface area contributed by atoms with Crippen molar-refractivity contribution in [3.05, 3.63) is 29.6 Å². The van der Waals surface area contributed by atoms with Crippen LogP contribution in [-0.4, -0.2) is 39.7 Å². The second kappa shape index (κ2) is 5.95. The predicted octanol–water partition coefficient (Wildman–Crippen LogP) is -0.0446. The number of aliphatic hydroxyl groups is 1. The summed E-state index contributed by atoms with van der Waals surface area (Å²) in [5.41, 5.74) is 0.834. The van der Waals surface area contributed by atoms with Gasteiger partial charge in [-0.1, -0.05) is 6.07 Å². The molecule has 0 spiro atoms. The Morgan fingerprint density at radius 2 is 2.18 bits per heavy atom. The van der Waals surface area contributed by atoms with Crippen molar-refractivity contribution in [2.45, 2.75) is 19.4 Å². The van der Waals surface area contributed by atoms with E-state index in [2.05, 4.69) is 10.3 Å². The van der Waals surface area contributed by atoms with Gasteiger partial charge in [-0.05, 0) is 19.1 Å². The number of aromatic nitrogens is 1. The molecule has 1 atom stereocenters. The average Bonchev–Trinajstić information content (AvgIpc) is 2.28. The predicted molar refractivity (Wildman–Crippen MR) is 59.6 cm³/mol. The van der Waals surface area contributed by atoms with Crippen molar-refractivity contribution in [2.24, 2.45) is 0 Å². The fourth-order valence-corrected chi connectivity index (χ4v) is 1.29. The summed E-state index contributed by atoms with van der Waals surface area (Å²) in [7, 11) is 0. The molecule has 6 heteroatoms. The van der Waals surface area contributed by atoms with Crippen molar-refractivity contribution in [3.8, 4) is 0 Å². The van der Waals surface area contributed by atoms with Gasteiger partial charge in [0.25, 0.3) is 5.91 Å². The number of pyridine rings is 1. The molecule has 1 aromatic heterocycles. The lowest BCUT2D eigenvalue weighted by atomic mass is 10.2. The van der Waals surface area contributed by atoms with E-state index in [0.29, 0.717) is 5.69 Å². The number of carbonyl (C=O) groups is 2. The summed E-state index contributed by atoms with van der Waals surface area (Å²) in [5, 5.41) is 19.8. The highest BCUT2D eigenvalue weighted by atomic mass is 16.4. The van der Waals surface area contributed by atoms with Crippen molar-refractivity contribution in [1.82, 2.24) is 10.3 Å². The van der Waals surface area contributed by atoms with Crippen LogP contribution >= 0.6 is 0 Å². The SMILES string of the molecule is Cc1cccc(C(=O)N[C@@H](CCO)C(=O)O)n1. The number of carboxylic acid groups (broad SMARTS) is 1. The minimum atomic E-state index is -1.18.